The lowest BCUT2D eigenvalue weighted by molar-refractivity contribution is -0.144. The summed E-state index contributed by atoms with van der Waals surface area (Å²) in [5, 5.41) is 16.2. The van der Waals surface area contributed by atoms with Crippen LogP contribution in [0, 0.1) is 0 Å². The Morgan fingerprint density at radius 1 is 1.25 bits per heavy atom. The van der Waals surface area contributed by atoms with Crippen molar-refractivity contribution in [1.29, 1.82) is 0 Å². The van der Waals surface area contributed by atoms with Gasteiger partial charge in [0.05, 0.1) is 0 Å². The fourth-order valence-electron chi connectivity index (χ4n) is 0.397. The SMILES string of the molecule is Cl.N[C@H](C(=O)O)C(=O)CC(=O)O. The van der Waals surface area contributed by atoms with Gasteiger partial charge in [-0.25, -0.2) is 0 Å². The van der Waals surface area contributed by atoms with E-state index in [1.807, 2.05) is 0 Å². The van der Waals surface area contributed by atoms with Gasteiger partial charge in [0.25, 0.3) is 0 Å². The van der Waals surface area contributed by atoms with Crippen LogP contribution in [0.25, 0.3) is 0 Å². The maximum Gasteiger partial charge on any atom is 0.328 e. The lowest BCUT2D eigenvalue weighted by Crippen LogP contribution is -2.39. The van der Waals surface area contributed by atoms with Gasteiger partial charge in [-0.15, -0.1) is 12.4 Å². The van der Waals surface area contributed by atoms with Crippen molar-refractivity contribution >= 4 is 30.1 Å². The minimum absolute atomic E-state index is 0. The van der Waals surface area contributed by atoms with E-state index in [4.69, 9.17) is 15.9 Å². The molecule has 0 aliphatic heterocycles. The average Bonchev–Trinajstić information content (AvgIpc) is 1.84. The predicted molar refractivity (Wildman–Crippen MR) is 40.1 cm³/mol. The van der Waals surface area contributed by atoms with Crippen LogP contribution in [-0.2, 0) is 14.4 Å². The maximum atomic E-state index is 10.5. The van der Waals surface area contributed by atoms with Gasteiger partial charge in [0.15, 0.2) is 11.8 Å². The molecular weight excluding hydrogens is 190 g/mol. The Labute approximate surface area is 73.8 Å². The fourth-order valence-corrected chi connectivity index (χ4v) is 0.397. The van der Waals surface area contributed by atoms with Crippen molar-refractivity contribution < 1.29 is 24.6 Å². The Morgan fingerprint density at radius 3 is 1.92 bits per heavy atom. The molecule has 0 aliphatic carbocycles. The van der Waals surface area contributed by atoms with E-state index in [2.05, 4.69) is 0 Å². The van der Waals surface area contributed by atoms with Crippen molar-refractivity contribution in [3.05, 3.63) is 0 Å². The molecular formula is C5H8ClNO5. The van der Waals surface area contributed by atoms with Crippen LogP contribution in [0.5, 0.6) is 0 Å². The first-order chi connectivity index (χ1) is 4.95. The molecule has 0 fully saturated rings. The molecule has 0 aromatic rings. The zero-order valence-corrected chi connectivity index (χ0v) is 6.71. The predicted octanol–water partition coefficient (Wildman–Crippen LogP) is -1.14. The smallest absolute Gasteiger partial charge is 0.328 e. The third kappa shape index (κ3) is 4.64. The Morgan fingerprint density at radius 2 is 1.67 bits per heavy atom. The summed E-state index contributed by atoms with van der Waals surface area (Å²) in [6.07, 6.45) is -0.854. The van der Waals surface area contributed by atoms with Crippen molar-refractivity contribution in [2.45, 2.75) is 12.5 Å². The first kappa shape index (κ1) is 13.4. The molecule has 0 bridgehead atoms. The van der Waals surface area contributed by atoms with Gasteiger partial charge in [-0.1, -0.05) is 0 Å². The number of ketones is 1. The summed E-state index contributed by atoms with van der Waals surface area (Å²) in [6.45, 7) is 0. The van der Waals surface area contributed by atoms with E-state index in [1.165, 1.54) is 0 Å². The Bertz CT molecular complexity index is 204. The van der Waals surface area contributed by atoms with Crippen LogP contribution >= 0.6 is 12.4 Å². The number of carbonyl (C=O) groups is 3. The topological polar surface area (TPSA) is 118 Å². The molecule has 7 heteroatoms. The number of carboxylic acids is 2. The van der Waals surface area contributed by atoms with Crippen molar-refractivity contribution in [3.63, 3.8) is 0 Å². The van der Waals surface area contributed by atoms with Gasteiger partial charge >= 0.3 is 11.9 Å². The van der Waals surface area contributed by atoms with Gasteiger partial charge in [0.1, 0.15) is 6.42 Å². The molecule has 0 saturated heterocycles. The molecule has 1 atom stereocenters. The molecule has 4 N–H and O–H groups in total. The molecule has 0 aromatic heterocycles. The molecule has 0 unspecified atom stereocenters. The first-order valence-electron chi connectivity index (χ1n) is 2.68. The van der Waals surface area contributed by atoms with Crippen LogP contribution in [-0.4, -0.2) is 34.0 Å². The fraction of sp³-hybridized carbons (Fsp3) is 0.400. The molecule has 0 saturated carbocycles. The highest BCUT2D eigenvalue weighted by atomic mass is 35.5. The summed E-state index contributed by atoms with van der Waals surface area (Å²) in [6, 6.07) is -1.73. The van der Waals surface area contributed by atoms with Crippen LogP contribution in [0.15, 0.2) is 0 Å². The highest BCUT2D eigenvalue weighted by Crippen LogP contribution is 1.88. The Hall–Kier alpha value is -1.14. The lowest BCUT2D eigenvalue weighted by Gasteiger charge is -2.00. The summed E-state index contributed by atoms with van der Waals surface area (Å²) in [5.74, 6) is -3.91. The zero-order valence-electron chi connectivity index (χ0n) is 5.89. The Balaban J connectivity index is 0. The molecule has 12 heavy (non-hydrogen) atoms. The highest BCUT2D eigenvalue weighted by Gasteiger charge is 2.22. The molecule has 70 valence electrons. The van der Waals surface area contributed by atoms with Gasteiger partial charge < -0.3 is 15.9 Å². The third-order valence-corrected chi connectivity index (χ3v) is 0.938. The van der Waals surface area contributed by atoms with Gasteiger partial charge in [-0.3, -0.25) is 14.4 Å². The standard InChI is InChI=1S/C5H7NO5.ClH/c6-4(5(10)11)2(7)1-3(8)9;/h4H,1,6H2,(H,8,9)(H,10,11);1H/t4-;/m0./s1. The van der Waals surface area contributed by atoms with Crippen LogP contribution in [0.1, 0.15) is 6.42 Å². The number of halogens is 1. The highest BCUT2D eigenvalue weighted by molar-refractivity contribution is 6.08. The summed E-state index contributed by atoms with van der Waals surface area (Å²) in [7, 11) is 0. The number of hydrogen-bond acceptors (Lipinski definition) is 4. The van der Waals surface area contributed by atoms with E-state index in [0.717, 1.165) is 0 Å². The maximum absolute atomic E-state index is 10.5. The second kappa shape index (κ2) is 5.50. The van der Waals surface area contributed by atoms with Crippen LogP contribution in [0.2, 0.25) is 0 Å². The second-order valence-electron chi connectivity index (χ2n) is 1.85. The number of Topliss-reactive ketones (excluding diaryl/α,β-unsaturated/α-hetero) is 1. The van der Waals surface area contributed by atoms with Gasteiger partial charge in [-0.05, 0) is 0 Å². The monoisotopic (exact) mass is 197 g/mol. The molecule has 0 rings (SSSR count). The van der Waals surface area contributed by atoms with E-state index in [1.54, 1.807) is 0 Å². The average molecular weight is 198 g/mol. The van der Waals surface area contributed by atoms with Crippen molar-refractivity contribution in [2.75, 3.05) is 0 Å². The molecule has 0 aromatic carbocycles. The van der Waals surface area contributed by atoms with E-state index >= 15 is 0 Å². The minimum atomic E-state index is -1.73. The van der Waals surface area contributed by atoms with Crippen molar-refractivity contribution in [1.82, 2.24) is 0 Å². The molecule has 0 heterocycles. The Kier molecular flexibility index (Phi) is 6.17. The van der Waals surface area contributed by atoms with E-state index in [9.17, 15) is 14.4 Å². The van der Waals surface area contributed by atoms with Crippen LogP contribution in [0.3, 0.4) is 0 Å². The molecule has 0 amide bonds. The largest absolute Gasteiger partial charge is 0.481 e. The first-order valence-corrected chi connectivity index (χ1v) is 2.68. The van der Waals surface area contributed by atoms with E-state index < -0.39 is 30.2 Å². The third-order valence-electron chi connectivity index (χ3n) is 0.938. The summed E-state index contributed by atoms with van der Waals surface area (Å²) in [5.41, 5.74) is 4.80. The van der Waals surface area contributed by atoms with Crippen LogP contribution < -0.4 is 5.73 Å². The quantitative estimate of drug-likeness (QED) is 0.491. The number of nitrogens with two attached hydrogens (primary N) is 1. The number of rotatable bonds is 4. The van der Waals surface area contributed by atoms with Crippen molar-refractivity contribution in [2.24, 2.45) is 5.73 Å². The second-order valence-corrected chi connectivity index (χ2v) is 1.85. The molecule has 0 spiro atoms. The van der Waals surface area contributed by atoms with Crippen LogP contribution in [0.4, 0.5) is 0 Å². The van der Waals surface area contributed by atoms with Gasteiger partial charge in [0.2, 0.25) is 0 Å². The summed E-state index contributed by atoms with van der Waals surface area (Å²) >= 11 is 0. The number of aliphatic carboxylic acids is 2. The number of carbonyl (C=O) groups excluding carboxylic acids is 1. The number of hydrogen-bond donors (Lipinski definition) is 3. The zero-order chi connectivity index (χ0) is 9.02. The lowest BCUT2D eigenvalue weighted by atomic mass is 10.1. The molecule has 0 aliphatic rings. The van der Waals surface area contributed by atoms with Gasteiger partial charge in [0, 0.05) is 0 Å². The summed E-state index contributed by atoms with van der Waals surface area (Å²) in [4.78, 5) is 30.4. The summed E-state index contributed by atoms with van der Waals surface area (Å²) < 4.78 is 0. The van der Waals surface area contributed by atoms with Crippen molar-refractivity contribution in [3.8, 4) is 0 Å². The normalized spacial score (nSPS) is 11.1. The molecule has 0 radical (unpaired) electrons. The van der Waals surface area contributed by atoms with E-state index in [-0.39, 0.29) is 12.4 Å². The van der Waals surface area contributed by atoms with E-state index in [0.29, 0.717) is 0 Å². The number of carboxylic acid groups (broad SMARTS) is 2. The van der Waals surface area contributed by atoms with Gasteiger partial charge in [-0.2, -0.15) is 0 Å². The minimum Gasteiger partial charge on any atom is -0.481 e. The molecule has 6 nitrogen and oxygen atoms in total.